The van der Waals surface area contributed by atoms with Crippen LogP contribution in [-0.2, 0) is 27.9 Å². The van der Waals surface area contributed by atoms with Gasteiger partial charge in [0.25, 0.3) is 0 Å². The summed E-state index contributed by atoms with van der Waals surface area (Å²) in [5, 5.41) is 2.99. The second-order valence-corrected chi connectivity index (χ2v) is 9.22. The third-order valence-electron chi connectivity index (χ3n) is 4.25. The number of aromatic nitrogens is 1. The molecule has 0 saturated heterocycles. The van der Waals surface area contributed by atoms with Gasteiger partial charge >= 0.3 is 0 Å². The van der Waals surface area contributed by atoms with Crippen LogP contribution in [0.1, 0.15) is 11.1 Å². The zero-order valence-electron chi connectivity index (χ0n) is 15.8. The molecule has 9 heteroatoms. The summed E-state index contributed by atoms with van der Waals surface area (Å²) in [6, 6.07) is 16.8. The highest BCUT2D eigenvalue weighted by molar-refractivity contribution is 7.89. The SMILES string of the molecule is O=C(CN(Cc1ccccc1)S(=O)(=O)c1cc(Cl)ccc1Cl)NCc1cccnc1. The van der Waals surface area contributed by atoms with E-state index in [2.05, 4.69) is 10.3 Å². The van der Waals surface area contributed by atoms with Crippen LogP contribution in [0.2, 0.25) is 10.0 Å². The van der Waals surface area contributed by atoms with Gasteiger partial charge in [0, 0.05) is 30.5 Å². The Labute approximate surface area is 185 Å². The van der Waals surface area contributed by atoms with Gasteiger partial charge in [-0.2, -0.15) is 4.31 Å². The lowest BCUT2D eigenvalue weighted by atomic mass is 10.2. The lowest BCUT2D eigenvalue weighted by Gasteiger charge is -2.22. The number of benzene rings is 2. The van der Waals surface area contributed by atoms with Gasteiger partial charge < -0.3 is 5.32 Å². The normalized spacial score (nSPS) is 11.4. The van der Waals surface area contributed by atoms with Crippen LogP contribution in [0.3, 0.4) is 0 Å². The Balaban J connectivity index is 1.84. The van der Waals surface area contributed by atoms with E-state index >= 15 is 0 Å². The molecule has 3 rings (SSSR count). The van der Waals surface area contributed by atoms with E-state index in [0.29, 0.717) is 0 Å². The summed E-state index contributed by atoms with van der Waals surface area (Å²) in [5.41, 5.74) is 1.54. The van der Waals surface area contributed by atoms with Crippen LogP contribution in [0.25, 0.3) is 0 Å². The molecule has 1 amide bonds. The first-order chi connectivity index (χ1) is 14.4. The highest BCUT2D eigenvalue weighted by Crippen LogP contribution is 2.28. The Bertz CT molecular complexity index is 1110. The summed E-state index contributed by atoms with van der Waals surface area (Å²) in [6.07, 6.45) is 3.26. The minimum atomic E-state index is -4.09. The van der Waals surface area contributed by atoms with Gasteiger partial charge in [-0.25, -0.2) is 8.42 Å². The maximum absolute atomic E-state index is 13.3. The Morgan fingerprint density at radius 2 is 1.73 bits per heavy atom. The lowest BCUT2D eigenvalue weighted by Crippen LogP contribution is -2.40. The molecule has 0 aliphatic carbocycles. The monoisotopic (exact) mass is 463 g/mol. The van der Waals surface area contributed by atoms with Crippen LogP contribution < -0.4 is 5.32 Å². The Morgan fingerprint density at radius 1 is 1.00 bits per heavy atom. The molecule has 0 fully saturated rings. The number of carbonyl (C=O) groups excluding carboxylic acids is 1. The fourth-order valence-electron chi connectivity index (χ4n) is 2.75. The number of halogens is 2. The molecule has 156 valence electrons. The maximum Gasteiger partial charge on any atom is 0.245 e. The van der Waals surface area contributed by atoms with Crippen molar-refractivity contribution in [1.82, 2.24) is 14.6 Å². The molecule has 0 atom stereocenters. The van der Waals surface area contributed by atoms with Crippen molar-refractivity contribution in [3.05, 3.63) is 94.2 Å². The second kappa shape index (κ2) is 10.0. The second-order valence-electron chi connectivity index (χ2n) is 6.47. The van der Waals surface area contributed by atoms with Crippen molar-refractivity contribution in [1.29, 1.82) is 0 Å². The summed E-state index contributed by atoms with van der Waals surface area (Å²) in [6.45, 7) is -0.128. The number of hydrogen-bond acceptors (Lipinski definition) is 4. The van der Waals surface area contributed by atoms with Gasteiger partial charge in [0.1, 0.15) is 4.90 Å². The smallest absolute Gasteiger partial charge is 0.245 e. The molecule has 0 bridgehead atoms. The molecule has 30 heavy (non-hydrogen) atoms. The molecule has 1 N–H and O–H groups in total. The van der Waals surface area contributed by atoms with Gasteiger partial charge in [0.15, 0.2) is 0 Å². The van der Waals surface area contributed by atoms with Crippen molar-refractivity contribution in [2.24, 2.45) is 0 Å². The number of carbonyl (C=O) groups is 1. The predicted octanol–water partition coefficient (Wildman–Crippen LogP) is 3.90. The Morgan fingerprint density at radius 3 is 2.43 bits per heavy atom. The number of rotatable bonds is 8. The predicted molar refractivity (Wildman–Crippen MR) is 117 cm³/mol. The van der Waals surface area contributed by atoms with Gasteiger partial charge in [0.2, 0.25) is 15.9 Å². The highest BCUT2D eigenvalue weighted by Gasteiger charge is 2.29. The quantitative estimate of drug-likeness (QED) is 0.549. The highest BCUT2D eigenvalue weighted by atomic mass is 35.5. The fraction of sp³-hybridized carbons (Fsp3) is 0.143. The van der Waals surface area contributed by atoms with E-state index in [1.807, 2.05) is 12.1 Å². The average molecular weight is 464 g/mol. The number of amides is 1. The van der Waals surface area contributed by atoms with Gasteiger partial charge in [-0.1, -0.05) is 59.6 Å². The number of nitrogens with one attached hydrogen (secondary N) is 1. The fourth-order valence-corrected chi connectivity index (χ4v) is 4.87. The van der Waals surface area contributed by atoms with Crippen LogP contribution in [0.15, 0.2) is 78.0 Å². The topological polar surface area (TPSA) is 79.4 Å². The average Bonchev–Trinajstić information content (AvgIpc) is 2.75. The molecular weight excluding hydrogens is 445 g/mol. The first kappa shape index (κ1) is 22.2. The first-order valence-corrected chi connectivity index (χ1v) is 11.2. The van der Waals surface area contributed by atoms with Crippen molar-refractivity contribution in [2.45, 2.75) is 18.0 Å². The zero-order valence-corrected chi connectivity index (χ0v) is 18.2. The first-order valence-electron chi connectivity index (χ1n) is 9.01. The molecule has 2 aromatic carbocycles. The van der Waals surface area contributed by atoms with E-state index in [0.717, 1.165) is 15.4 Å². The van der Waals surface area contributed by atoms with Crippen molar-refractivity contribution >= 4 is 39.1 Å². The van der Waals surface area contributed by atoms with E-state index in [1.165, 1.54) is 18.2 Å². The minimum Gasteiger partial charge on any atom is -0.351 e. The number of hydrogen-bond donors (Lipinski definition) is 1. The molecule has 1 heterocycles. The van der Waals surface area contributed by atoms with E-state index in [-0.39, 0.29) is 34.6 Å². The van der Waals surface area contributed by atoms with Crippen molar-refractivity contribution in [3.63, 3.8) is 0 Å². The summed E-state index contributed by atoms with van der Waals surface area (Å²) < 4.78 is 27.7. The molecule has 0 radical (unpaired) electrons. The van der Waals surface area contributed by atoms with Gasteiger partial charge in [0.05, 0.1) is 11.6 Å². The van der Waals surface area contributed by atoms with Crippen LogP contribution >= 0.6 is 23.2 Å². The van der Waals surface area contributed by atoms with Crippen LogP contribution in [0.4, 0.5) is 0 Å². The summed E-state index contributed by atoms with van der Waals surface area (Å²) in [5.74, 6) is -0.448. The van der Waals surface area contributed by atoms with Crippen LogP contribution in [0.5, 0.6) is 0 Å². The number of pyridine rings is 1. The van der Waals surface area contributed by atoms with E-state index in [9.17, 15) is 13.2 Å². The summed E-state index contributed by atoms with van der Waals surface area (Å²) >= 11 is 12.1. The summed E-state index contributed by atoms with van der Waals surface area (Å²) in [4.78, 5) is 16.4. The molecule has 1 aromatic heterocycles. The molecule has 0 spiro atoms. The van der Waals surface area contributed by atoms with Crippen molar-refractivity contribution in [3.8, 4) is 0 Å². The summed E-state index contributed by atoms with van der Waals surface area (Å²) in [7, 11) is -4.09. The maximum atomic E-state index is 13.3. The number of sulfonamides is 1. The molecular formula is C21H19Cl2N3O3S. The van der Waals surface area contributed by atoms with Crippen LogP contribution in [0, 0.1) is 0 Å². The van der Waals surface area contributed by atoms with Gasteiger partial charge in [-0.05, 0) is 35.4 Å². The number of nitrogens with zero attached hydrogens (tertiary/aromatic N) is 2. The van der Waals surface area contributed by atoms with Crippen molar-refractivity contribution in [2.75, 3.05) is 6.54 Å². The van der Waals surface area contributed by atoms with Gasteiger partial charge in [-0.3, -0.25) is 9.78 Å². The molecule has 3 aromatic rings. The molecule has 0 unspecified atom stereocenters. The zero-order chi connectivity index (χ0) is 21.6. The molecule has 0 saturated carbocycles. The molecule has 0 aliphatic rings. The van der Waals surface area contributed by atoms with E-state index in [4.69, 9.17) is 23.2 Å². The standard InChI is InChI=1S/C21H19Cl2N3O3S/c22-18-8-9-19(23)20(11-18)30(28,29)26(14-16-5-2-1-3-6-16)15-21(27)25-13-17-7-4-10-24-12-17/h1-12H,13-15H2,(H,25,27). The third-order valence-corrected chi connectivity index (χ3v) is 6.75. The Kier molecular flexibility index (Phi) is 7.44. The van der Waals surface area contributed by atoms with E-state index in [1.54, 1.807) is 42.7 Å². The minimum absolute atomic E-state index is 0.00628. The van der Waals surface area contributed by atoms with Crippen molar-refractivity contribution < 1.29 is 13.2 Å². The van der Waals surface area contributed by atoms with Crippen LogP contribution in [-0.4, -0.2) is 30.2 Å². The largest absolute Gasteiger partial charge is 0.351 e. The Hall–Kier alpha value is -2.45. The van der Waals surface area contributed by atoms with E-state index < -0.39 is 15.9 Å². The third kappa shape index (κ3) is 5.79. The lowest BCUT2D eigenvalue weighted by molar-refractivity contribution is -0.121. The van der Waals surface area contributed by atoms with Gasteiger partial charge in [-0.15, -0.1) is 0 Å². The molecule has 6 nitrogen and oxygen atoms in total. The molecule has 0 aliphatic heterocycles.